The predicted molar refractivity (Wildman–Crippen MR) is 138 cm³/mol. The summed E-state index contributed by atoms with van der Waals surface area (Å²) in [4.78, 5) is 32.2. The minimum atomic E-state index is -4.52. The average molecular weight is 553 g/mol. The number of ether oxygens (including phenoxy) is 1. The Hall–Kier alpha value is -4.29. The normalized spacial score (nSPS) is 17.3. The molecule has 1 atom stereocenters. The quantitative estimate of drug-likeness (QED) is 0.327. The van der Waals surface area contributed by atoms with Crippen molar-refractivity contribution in [2.24, 2.45) is 5.92 Å². The number of nitrogens with zero attached hydrogens (tertiary/aromatic N) is 8. The summed E-state index contributed by atoms with van der Waals surface area (Å²) < 4.78 is 48.4. The van der Waals surface area contributed by atoms with E-state index in [1.165, 1.54) is 18.0 Å². The molecule has 0 saturated heterocycles. The van der Waals surface area contributed by atoms with Crippen LogP contribution < -0.4 is 9.64 Å². The van der Waals surface area contributed by atoms with Crippen LogP contribution in [0, 0.1) is 5.92 Å². The van der Waals surface area contributed by atoms with Crippen LogP contribution >= 0.6 is 0 Å². The lowest BCUT2D eigenvalue weighted by Gasteiger charge is -2.29. The summed E-state index contributed by atoms with van der Waals surface area (Å²) in [6.07, 6.45) is 0.0145. The second-order valence-electron chi connectivity index (χ2n) is 10.1. The minimum Gasteiger partial charge on any atom is -0.480 e. The fourth-order valence-corrected chi connectivity index (χ4v) is 4.99. The molecule has 6 rings (SSSR count). The number of anilines is 1. The van der Waals surface area contributed by atoms with E-state index in [-0.39, 0.29) is 24.2 Å². The molecule has 3 aromatic heterocycles. The van der Waals surface area contributed by atoms with Crippen molar-refractivity contribution in [2.75, 3.05) is 12.0 Å². The first-order chi connectivity index (χ1) is 19.2. The van der Waals surface area contributed by atoms with Gasteiger partial charge in [0.05, 0.1) is 31.8 Å². The van der Waals surface area contributed by atoms with Gasteiger partial charge in [0.25, 0.3) is 0 Å². The second kappa shape index (κ2) is 9.72. The Kier molecular flexibility index (Phi) is 6.31. The monoisotopic (exact) mass is 552 g/mol. The van der Waals surface area contributed by atoms with Crippen LogP contribution in [0.2, 0.25) is 0 Å². The number of hydrogen-bond donors (Lipinski definition) is 0. The molecule has 0 spiro atoms. The molecular formula is C27H27F3N8O2. The lowest BCUT2D eigenvalue weighted by Crippen LogP contribution is -2.42. The number of aryl methyl sites for hydroxylation is 1. The Morgan fingerprint density at radius 3 is 2.50 bits per heavy atom. The molecule has 1 saturated carbocycles. The molecule has 4 heterocycles. The highest BCUT2D eigenvalue weighted by atomic mass is 19.4. The van der Waals surface area contributed by atoms with Gasteiger partial charge in [-0.15, -0.1) is 5.10 Å². The summed E-state index contributed by atoms with van der Waals surface area (Å²) in [5, 5.41) is 4.72. The first-order valence-corrected chi connectivity index (χ1v) is 13.1. The van der Waals surface area contributed by atoms with E-state index in [4.69, 9.17) is 14.8 Å². The van der Waals surface area contributed by atoms with Crippen molar-refractivity contribution in [3.8, 4) is 28.7 Å². The van der Waals surface area contributed by atoms with E-state index in [2.05, 4.69) is 15.0 Å². The number of carbonyl (C=O) groups excluding carboxylic acids is 1. The summed E-state index contributed by atoms with van der Waals surface area (Å²) in [6, 6.07) is 6.99. The number of amides is 1. The molecule has 0 unspecified atom stereocenters. The third-order valence-electron chi connectivity index (χ3n) is 7.21. The Balaban J connectivity index is 1.32. The molecular weight excluding hydrogens is 525 g/mol. The van der Waals surface area contributed by atoms with Gasteiger partial charge in [0.1, 0.15) is 17.7 Å². The summed E-state index contributed by atoms with van der Waals surface area (Å²) in [7, 11) is 1.54. The molecule has 0 radical (unpaired) electrons. The molecule has 0 N–H and O–H groups in total. The SMILES string of the molecule is CCn1cc(C(F)(F)F)nc1-c1ccc(CN2C(=O)[C@@H](C)Cn3nc(-c4c(OC)ncnc4C4CC4)nc32)cc1. The third-order valence-corrected chi connectivity index (χ3v) is 7.21. The molecule has 1 aromatic carbocycles. The number of carbonyl (C=O) groups is 1. The molecule has 1 amide bonds. The fourth-order valence-electron chi connectivity index (χ4n) is 4.99. The van der Waals surface area contributed by atoms with Gasteiger partial charge in [-0.1, -0.05) is 31.2 Å². The summed E-state index contributed by atoms with van der Waals surface area (Å²) in [6.45, 7) is 4.55. The van der Waals surface area contributed by atoms with Gasteiger partial charge in [-0.25, -0.2) is 19.6 Å². The van der Waals surface area contributed by atoms with E-state index in [1.807, 2.05) is 6.92 Å². The molecule has 4 aromatic rings. The maximum atomic E-state index is 13.3. The van der Waals surface area contributed by atoms with E-state index in [9.17, 15) is 18.0 Å². The highest BCUT2D eigenvalue weighted by Gasteiger charge is 2.37. The zero-order valence-electron chi connectivity index (χ0n) is 22.2. The lowest BCUT2D eigenvalue weighted by atomic mass is 10.1. The van der Waals surface area contributed by atoms with Crippen LogP contribution in [0.5, 0.6) is 5.88 Å². The van der Waals surface area contributed by atoms with Gasteiger partial charge in [-0.2, -0.15) is 18.2 Å². The number of halogens is 3. The Morgan fingerprint density at radius 1 is 1.10 bits per heavy atom. The van der Waals surface area contributed by atoms with Crippen LogP contribution in [0.15, 0.2) is 36.8 Å². The van der Waals surface area contributed by atoms with E-state index in [0.717, 1.165) is 30.3 Å². The summed E-state index contributed by atoms with van der Waals surface area (Å²) >= 11 is 0. The van der Waals surface area contributed by atoms with E-state index in [1.54, 1.807) is 40.8 Å². The smallest absolute Gasteiger partial charge is 0.434 e. The number of hydrogen-bond acceptors (Lipinski definition) is 7. The zero-order chi connectivity index (χ0) is 28.2. The Morgan fingerprint density at radius 2 is 1.85 bits per heavy atom. The molecule has 10 nitrogen and oxygen atoms in total. The van der Waals surface area contributed by atoms with Crippen molar-refractivity contribution < 1.29 is 22.7 Å². The number of benzene rings is 1. The molecule has 208 valence electrons. The van der Waals surface area contributed by atoms with Crippen molar-refractivity contribution in [3.05, 3.63) is 53.7 Å². The molecule has 0 bridgehead atoms. The van der Waals surface area contributed by atoms with E-state index < -0.39 is 11.9 Å². The Labute approximate surface area is 227 Å². The van der Waals surface area contributed by atoms with Crippen LogP contribution in [0.4, 0.5) is 19.1 Å². The summed E-state index contributed by atoms with van der Waals surface area (Å²) in [5.74, 6) is 1.33. The standard InChI is InChI=1S/C27H27F3N8O2/c1-4-36-13-19(27(28,29)30)33-23(36)18-7-5-16(6-8-18)12-37-25(39)15(2)11-38-26(37)34-22(35-38)20-21(17-9-10-17)31-14-32-24(20)40-3/h5-8,13-15,17H,4,9-12H2,1-3H3/t15-/m0/s1. The second-order valence-corrected chi connectivity index (χ2v) is 10.1. The third kappa shape index (κ3) is 4.58. The van der Waals surface area contributed by atoms with Gasteiger partial charge in [0, 0.05) is 24.2 Å². The highest BCUT2D eigenvalue weighted by Crippen LogP contribution is 2.45. The molecule has 1 fully saturated rings. The van der Waals surface area contributed by atoms with Crippen molar-refractivity contribution in [1.29, 1.82) is 0 Å². The van der Waals surface area contributed by atoms with Gasteiger partial charge < -0.3 is 9.30 Å². The van der Waals surface area contributed by atoms with Gasteiger partial charge in [-0.3, -0.25) is 9.69 Å². The average Bonchev–Trinajstić information content (AvgIpc) is 3.55. The van der Waals surface area contributed by atoms with Crippen LogP contribution in [-0.4, -0.2) is 47.3 Å². The van der Waals surface area contributed by atoms with Crippen LogP contribution in [0.3, 0.4) is 0 Å². The maximum Gasteiger partial charge on any atom is 0.434 e. The minimum absolute atomic E-state index is 0.0921. The number of fused-ring (bicyclic) bond motifs is 1. The van der Waals surface area contributed by atoms with Crippen LogP contribution in [0.25, 0.3) is 22.8 Å². The van der Waals surface area contributed by atoms with Crippen molar-refractivity contribution in [3.63, 3.8) is 0 Å². The van der Waals surface area contributed by atoms with E-state index in [0.29, 0.717) is 47.8 Å². The molecule has 13 heteroatoms. The van der Waals surface area contributed by atoms with Crippen molar-refractivity contribution >= 4 is 11.9 Å². The number of imidazole rings is 1. The Bertz CT molecular complexity index is 1570. The van der Waals surface area contributed by atoms with Crippen molar-refractivity contribution in [1.82, 2.24) is 34.3 Å². The maximum absolute atomic E-state index is 13.3. The molecule has 1 aliphatic carbocycles. The summed E-state index contributed by atoms with van der Waals surface area (Å²) in [5.41, 5.74) is 1.89. The first-order valence-electron chi connectivity index (χ1n) is 13.1. The zero-order valence-corrected chi connectivity index (χ0v) is 22.2. The molecule has 40 heavy (non-hydrogen) atoms. The van der Waals surface area contributed by atoms with Crippen LogP contribution in [0.1, 0.15) is 49.6 Å². The predicted octanol–water partition coefficient (Wildman–Crippen LogP) is 4.71. The number of rotatable bonds is 7. The highest BCUT2D eigenvalue weighted by molar-refractivity contribution is 5.94. The first kappa shape index (κ1) is 26.0. The van der Waals surface area contributed by atoms with Gasteiger partial charge in [0.15, 0.2) is 11.5 Å². The lowest BCUT2D eigenvalue weighted by molar-refractivity contribution is -0.140. The fraction of sp³-hybridized carbons (Fsp3) is 0.407. The van der Waals surface area contributed by atoms with Gasteiger partial charge >= 0.3 is 6.18 Å². The van der Waals surface area contributed by atoms with E-state index >= 15 is 0 Å². The largest absolute Gasteiger partial charge is 0.480 e. The van der Waals surface area contributed by atoms with Gasteiger partial charge in [0.2, 0.25) is 17.7 Å². The number of methoxy groups -OCH3 is 1. The molecule has 2 aliphatic rings. The number of aromatic nitrogens is 7. The van der Waals surface area contributed by atoms with Crippen LogP contribution in [-0.2, 0) is 30.6 Å². The van der Waals surface area contributed by atoms with Gasteiger partial charge in [-0.05, 0) is 25.3 Å². The topological polar surface area (TPSA) is 104 Å². The van der Waals surface area contributed by atoms with Crippen molar-refractivity contribution in [2.45, 2.75) is 58.4 Å². The number of alkyl halides is 3. The molecule has 1 aliphatic heterocycles.